The first-order valence-corrected chi connectivity index (χ1v) is 9.13. The summed E-state index contributed by atoms with van der Waals surface area (Å²) in [5, 5.41) is 5.99. The van der Waals surface area contributed by atoms with Crippen LogP contribution in [0.1, 0.15) is 39.0 Å². The molecular formula is C21H25BN2O2. The zero-order valence-corrected chi connectivity index (χ0v) is 16.1. The highest BCUT2D eigenvalue weighted by molar-refractivity contribution is 6.62. The zero-order valence-electron chi connectivity index (χ0n) is 16.1. The molecule has 26 heavy (non-hydrogen) atoms. The second kappa shape index (κ2) is 5.97. The number of hydrogen-bond acceptors (Lipinski definition) is 3. The van der Waals surface area contributed by atoms with E-state index in [9.17, 15) is 0 Å². The fourth-order valence-electron chi connectivity index (χ4n) is 3.32. The predicted octanol–water partition coefficient (Wildman–Crippen LogP) is 3.69. The van der Waals surface area contributed by atoms with Crippen molar-refractivity contribution in [3.8, 4) is 0 Å². The molecule has 1 aromatic heterocycles. The van der Waals surface area contributed by atoms with Crippen LogP contribution in [-0.4, -0.2) is 28.1 Å². The largest absolute Gasteiger partial charge is 0.494 e. The number of benzene rings is 2. The quantitative estimate of drug-likeness (QED) is 0.678. The van der Waals surface area contributed by atoms with E-state index in [1.54, 1.807) is 0 Å². The van der Waals surface area contributed by atoms with Gasteiger partial charge in [0, 0.05) is 11.1 Å². The van der Waals surface area contributed by atoms with Crippen LogP contribution in [-0.2, 0) is 15.9 Å². The van der Waals surface area contributed by atoms with Crippen LogP contribution in [0, 0.1) is 6.92 Å². The van der Waals surface area contributed by atoms with Gasteiger partial charge in [-0.2, -0.15) is 5.10 Å². The molecule has 1 aliphatic rings. The SMILES string of the molecule is Cc1c2ccc(B3OC(C)(C)C(C)(C)O3)cc2nn1Cc1ccccc1. The smallest absolute Gasteiger partial charge is 0.399 e. The van der Waals surface area contributed by atoms with Crippen molar-refractivity contribution in [2.45, 2.75) is 52.4 Å². The predicted molar refractivity (Wildman–Crippen MR) is 106 cm³/mol. The fourth-order valence-corrected chi connectivity index (χ4v) is 3.32. The van der Waals surface area contributed by atoms with E-state index in [0.29, 0.717) is 0 Å². The average molecular weight is 348 g/mol. The van der Waals surface area contributed by atoms with Gasteiger partial charge in [0.15, 0.2) is 0 Å². The van der Waals surface area contributed by atoms with E-state index in [0.717, 1.165) is 17.5 Å². The summed E-state index contributed by atoms with van der Waals surface area (Å²) < 4.78 is 14.4. The van der Waals surface area contributed by atoms with Crippen LogP contribution < -0.4 is 5.46 Å². The molecule has 4 nitrogen and oxygen atoms in total. The van der Waals surface area contributed by atoms with E-state index in [2.05, 4.69) is 81.8 Å². The molecule has 1 fully saturated rings. The first-order chi connectivity index (χ1) is 12.3. The Morgan fingerprint density at radius 3 is 2.27 bits per heavy atom. The van der Waals surface area contributed by atoms with E-state index in [1.165, 1.54) is 16.6 Å². The maximum atomic E-state index is 6.17. The van der Waals surface area contributed by atoms with Crippen LogP contribution >= 0.6 is 0 Å². The minimum atomic E-state index is -0.357. The lowest BCUT2D eigenvalue weighted by Gasteiger charge is -2.32. The van der Waals surface area contributed by atoms with Crippen LogP contribution in [0.4, 0.5) is 0 Å². The fraction of sp³-hybridized carbons (Fsp3) is 0.381. The lowest BCUT2D eigenvalue weighted by Crippen LogP contribution is -2.41. The molecule has 4 rings (SSSR count). The van der Waals surface area contributed by atoms with Gasteiger partial charge in [0.2, 0.25) is 0 Å². The first-order valence-electron chi connectivity index (χ1n) is 9.13. The molecule has 0 radical (unpaired) electrons. The Morgan fingerprint density at radius 1 is 0.962 bits per heavy atom. The van der Waals surface area contributed by atoms with E-state index in [-0.39, 0.29) is 18.3 Å². The first kappa shape index (κ1) is 17.3. The van der Waals surface area contributed by atoms with Gasteiger partial charge in [0.05, 0.1) is 23.3 Å². The number of aryl methyl sites for hydroxylation is 1. The number of fused-ring (bicyclic) bond motifs is 1. The van der Waals surface area contributed by atoms with Crippen molar-refractivity contribution in [2.75, 3.05) is 0 Å². The van der Waals surface area contributed by atoms with Crippen LogP contribution in [0.3, 0.4) is 0 Å². The molecule has 5 heteroatoms. The summed E-state index contributed by atoms with van der Waals surface area (Å²) in [6.07, 6.45) is 0. The zero-order chi connectivity index (χ0) is 18.5. The molecule has 0 N–H and O–H groups in total. The van der Waals surface area contributed by atoms with Crippen molar-refractivity contribution < 1.29 is 9.31 Å². The maximum Gasteiger partial charge on any atom is 0.494 e. The molecule has 1 saturated heterocycles. The topological polar surface area (TPSA) is 36.3 Å². The summed E-state index contributed by atoms with van der Waals surface area (Å²) >= 11 is 0. The molecule has 0 spiro atoms. The van der Waals surface area contributed by atoms with Crippen molar-refractivity contribution in [3.05, 3.63) is 59.8 Å². The molecule has 0 saturated carbocycles. The third kappa shape index (κ3) is 2.85. The summed E-state index contributed by atoms with van der Waals surface area (Å²) in [5.74, 6) is 0. The number of aromatic nitrogens is 2. The van der Waals surface area contributed by atoms with Crippen molar-refractivity contribution in [1.82, 2.24) is 9.78 Å². The van der Waals surface area contributed by atoms with Crippen LogP contribution in [0.2, 0.25) is 0 Å². The molecule has 0 atom stereocenters. The molecule has 2 aromatic carbocycles. The van der Waals surface area contributed by atoms with Crippen LogP contribution in [0.5, 0.6) is 0 Å². The molecule has 2 heterocycles. The molecule has 3 aromatic rings. The Balaban J connectivity index is 1.66. The van der Waals surface area contributed by atoms with E-state index >= 15 is 0 Å². The Bertz CT molecular complexity index is 931. The van der Waals surface area contributed by atoms with E-state index in [4.69, 9.17) is 14.4 Å². The van der Waals surface area contributed by atoms with Crippen LogP contribution in [0.25, 0.3) is 10.9 Å². The third-order valence-corrected chi connectivity index (χ3v) is 5.73. The summed E-state index contributed by atoms with van der Waals surface area (Å²) in [4.78, 5) is 0. The van der Waals surface area contributed by atoms with Gasteiger partial charge in [-0.3, -0.25) is 4.68 Å². The van der Waals surface area contributed by atoms with Crippen molar-refractivity contribution >= 4 is 23.5 Å². The highest BCUT2D eigenvalue weighted by Gasteiger charge is 2.51. The Labute approximate surface area is 155 Å². The minimum Gasteiger partial charge on any atom is -0.399 e. The van der Waals surface area contributed by atoms with Gasteiger partial charge in [-0.05, 0) is 51.7 Å². The molecule has 0 unspecified atom stereocenters. The van der Waals surface area contributed by atoms with Crippen molar-refractivity contribution in [2.24, 2.45) is 0 Å². The van der Waals surface area contributed by atoms with Gasteiger partial charge in [-0.25, -0.2) is 0 Å². The van der Waals surface area contributed by atoms with Gasteiger partial charge in [-0.15, -0.1) is 0 Å². The highest BCUT2D eigenvalue weighted by Crippen LogP contribution is 2.36. The Hall–Kier alpha value is -2.11. The molecule has 0 aliphatic carbocycles. The Morgan fingerprint density at radius 2 is 1.62 bits per heavy atom. The third-order valence-electron chi connectivity index (χ3n) is 5.73. The van der Waals surface area contributed by atoms with Gasteiger partial charge in [0.1, 0.15) is 0 Å². The minimum absolute atomic E-state index is 0.338. The summed E-state index contributed by atoms with van der Waals surface area (Å²) in [6, 6.07) is 16.7. The molecule has 1 aliphatic heterocycles. The maximum absolute atomic E-state index is 6.17. The monoisotopic (exact) mass is 348 g/mol. The number of hydrogen-bond donors (Lipinski definition) is 0. The molecule has 134 valence electrons. The van der Waals surface area contributed by atoms with Gasteiger partial charge in [-0.1, -0.05) is 42.5 Å². The van der Waals surface area contributed by atoms with Crippen LogP contribution in [0.15, 0.2) is 48.5 Å². The van der Waals surface area contributed by atoms with E-state index in [1.807, 2.05) is 6.07 Å². The molecule has 0 amide bonds. The van der Waals surface area contributed by atoms with Gasteiger partial charge >= 0.3 is 7.12 Å². The summed E-state index contributed by atoms with van der Waals surface area (Å²) in [7, 11) is -0.357. The van der Waals surface area contributed by atoms with Gasteiger partial charge in [0.25, 0.3) is 0 Å². The summed E-state index contributed by atoms with van der Waals surface area (Å²) in [6.45, 7) is 11.2. The lowest BCUT2D eigenvalue weighted by molar-refractivity contribution is 0.00578. The van der Waals surface area contributed by atoms with Gasteiger partial charge < -0.3 is 9.31 Å². The second-order valence-corrected chi connectivity index (χ2v) is 8.09. The van der Waals surface area contributed by atoms with E-state index < -0.39 is 0 Å². The summed E-state index contributed by atoms with van der Waals surface area (Å²) in [5.41, 5.74) is 3.73. The Kier molecular flexibility index (Phi) is 3.97. The van der Waals surface area contributed by atoms with Crippen molar-refractivity contribution in [3.63, 3.8) is 0 Å². The van der Waals surface area contributed by atoms with Crippen molar-refractivity contribution in [1.29, 1.82) is 0 Å². The standard InChI is InChI=1S/C21H25BN2O2/c1-15-18-12-11-17(22-25-20(2,3)21(4,5)26-22)13-19(18)23-24(15)14-16-9-7-6-8-10-16/h6-13H,14H2,1-5H3. The second-order valence-electron chi connectivity index (χ2n) is 8.09. The normalized spacial score (nSPS) is 18.6. The average Bonchev–Trinajstić information content (AvgIpc) is 3.01. The molecular weight excluding hydrogens is 323 g/mol. The number of nitrogens with zero attached hydrogens (tertiary/aromatic N) is 2. The number of rotatable bonds is 3. The highest BCUT2D eigenvalue weighted by atomic mass is 16.7. The molecule has 0 bridgehead atoms. The lowest BCUT2D eigenvalue weighted by atomic mass is 9.79.